The van der Waals surface area contributed by atoms with Crippen LogP contribution >= 0.6 is 0 Å². The fourth-order valence-electron chi connectivity index (χ4n) is 3.48. The topological polar surface area (TPSA) is 0 Å². The zero-order valence-electron chi connectivity index (χ0n) is 8.93. The van der Waals surface area contributed by atoms with Crippen LogP contribution in [0.5, 0.6) is 0 Å². The van der Waals surface area contributed by atoms with Gasteiger partial charge in [-0.3, -0.25) is 0 Å². The molecule has 0 saturated heterocycles. The Morgan fingerprint density at radius 1 is 0.917 bits per heavy atom. The van der Waals surface area contributed by atoms with Crippen LogP contribution in [0.4, 0.5) is 0 Å². The lowest BCUT2D eigenvalue weighted by atomic mass is 9.66. The highest BCUT2D eigenvalue weighted by Gasteiger charge is 2.55. The van der Waals surface area contributed by atoms with Crippen LogP contribution in [-0.2, 0) is 0 Å². The van der Waals surface area contributed by atoms with Gasteiger partial charge >= 0.3 is 0 Å². The van der Waals surface area contributed by atoms with Crippen LogP contribution < -0.4 is 0 Å². The molecule has 0 N–H and O–H groups in total. The molecule has 70 valence electrons. The van der Waals surface area contributed by atoms with Gasteiger partial charge in [-0.05, 0) is 48.3 Å². The maximum atomic E-state index is 2.42. The number of rotatable bonds is 2. The predicted molar refractivity (Wildman–Crippen MR) is 52.9 cm³/mol. The maximum Gasteiger partial charge on any atom is -0.0246 e. The lowest BCUT2D eigenvalue weighted by molar-refractivity contribution is 0.102. The van der Waals surface area contributed by atoms with Gasteiger partial charge in [0.15, 0.2) is 0 Å². The summed E-state index contributed by atoms with van der Waals surface area (Å²) < 4.78 is 0. The molecule has 2 unspecified atom stereocenters. The summed E-state index contributed by atoms with van der Waals surface area (Å²) in [6.45, 7) is 9.69. The first kappa shape index (κ1) is 8.59. The summed E-state index contributed by atoms with van der Waals surface area (Å²) in [5.41, 5.74) is 0.716. The largest absolute Gasteiger partial charge is 0.0622 e. The van der Waals surface area contributed by atoms with Crippen molar-refractivity contribution < 1.29 is 0 Å². The van der Waals surface area contributed by atoms with E-state index in [4.69, 9.17) is 0 Å². The van der Waals surface area contributed by atoms with Crippen molar-refractivity contribution in [2.24, 2.45) is 29.1 Å². The third kappa shape index (κ3) is 1.03. The molecule has 0 spiro atoms. The fourth-order valence-corrected chi connectivity index (χ4v) is 3.48. The SMILES string of the molecule is CC(C)C1(C(C)C)CC2CC2C1. The van der Waals surface area contributed by atoms with E-state index < -0.39 is 0 Å². The molecule has 2 atom stereocenters. The molecular formula is C12H22. The lowest BCUT2D eigenvalue weighted by Crippen LogP contribution is -2.31. The molecule has 2 aliphatic rings. The molecule has 2 rings (SSSR count). The van der Waals surface area contributed by atoms with Crippen molar-refractivity contribution in [2.45, 2.75) is 47.0 Å². The average Bonchev–Trinajstić information content (AvgIpc) is 2.58. The van der Waals surface area contributed by atoms with E-state index in [9.17, 15) is 0 Å². The Labute approximate surface area is 76.7 Å². The fraction of sp³-hybridized carbons (Fsp3) is 1.00. The molecule has 0 nitrogen and oxygen atoms in total. The van der Waals surface area contributed by atoms with Crippen molar-refractivity contribution in [3.05, 3.63) is 0 Å². The van der Waals surface area contributed by atoms with Crippen LogP contribution in [0.15, 0.2) is 0 Å². The van der Waals surface area contributed by atoms with E-state index in [2.05, 4.69) is 27.7 Å². The molecule has 2 fully saturated rings. The Morgan fingerprint density at radius 2 is 1.33 bits per heavy atom. The molecule has 0 amide bonds. The van der Waals surface area contributed by atoms with E-state index in [0.717, 1.165) is 23.7 Å². The summed E-state index contributed by atoms with van der Waals surface area (Å²) >= 11 is 0. The van der Waals surface area contributed by atoms with Crippen LogP contribution in [0.2, 0.25) is 0 Å². The summed E-state index contributed by atoms with van der Waals surface area (Å²) in [6, 6.07) is 0. The molecular weight excluding hydrogens is 144 g/mol. The van der Waals surface area contributed by atoms with Crippen molar-refractivity contribution in [2.75, 3.05) is 0 Å². The highest BCUT2D eigenvalue weighted by Crippen LogP contribution is 2.64. The van der Waals surface area contributed by atoms with E-state index in [-0.39, 0.29) is 0 Å². The number of fused-ring (bicyclic) bond motifs is 1. The van der Waals surface area contributed by atoms with Crippen LogP contribution in [0.1, 0.15) is 47.0 Å². The molecule has 12 heavy (non-hydrogen) atoms. The number of hydrogen-bond acceptors (Lipinski definition) is 0. The zero-order valence-corrected chi connectivity index (χ0v) is 8.93. The van der Waals surface area contributed by atoms with E-state index >= 15 is 0 Å². The van der Waals surface area contributed by atoms with Gasteiger partial charge < -0.3 is 0 Å². The van der Waals surface area contributed by atoms with Crippen LogP contribution in [0.25, 0.3) is 0 Å². The highest BCUT2D eigenvalue weighted by molar-refractivity contribution is 5.05. The molecule has 0 aromatic heterocycles. The normalized spacial score (nSPS) is 37.5. The minimum atomic E-state index is 0.716. The minimum Gasteiger partial charge on any atom is -0.0622 e. The second kappa shape index (κ2) is 2.49. The van der Waals surface area contributed by atoms with Crippen LogP contribution in [-0.4, -0.2) is 0 Å². The third-order valence-electron chi connectivity index (χ3n) is 4.65. The van der Waals surface area contributed by atoms with Gasteiger partial charge in [-0.2, -0.15) is 0 Å². The standard InChI is InChI=1S/C12H22/c1-8(2)12(9(3)4)6-10-5-11(10)7-12/h8-11H,5-7H2,1-4H3. The minimum absolute atomic E-state index is 0.716. The van der Waals surface area contributed by atoms with Gasteiger partial charge in [0.1, 0.15) is 0 Å². The van der Waals surface area contributed by atoms with Crippen molar-refractivity contribution in [1.82, 2.24) is 0 Å². The van der Waals surface area contributed by atoms with Crippen molar-refractivity contribution in [3.8, 4) is 0 Å². The predicted octanol–water partition coefficient (Wildman–Crippen LogP) is 3.71. The Kier molecular flexibility index (Phi) is 1.79. The van der Waals surface area contributed by atoms with E-state index in [0.29, 0.717) is 5.41 Å². The summed E-state index contributed by atoms with van der Waals surface area (Å²) in [7, 11) is 0. The molecule has 0 aromatic carbocycles. The molecule has 0 aromatic rings. The summed E-state index contributed by atoms with van der Waals surface area (Å²) in [6.07, 6.45) is 4.63. The van der Waals surface area contributed by atoms with Gasteiger partial charge in [0.25, 0.3) is 0 Å². The van der Waals surface area contributed by atoms with E-state index in [1.807, 2.05) is 0 Å². The Hall–Kier alpha value is 0. The molecule has 2 saturated carbocycles. The van der Waals surface area contributed by atoms with Crippen LogP contribution in [0, 0.1) is 29.1 Å². The van der Waals surface area contributed by atoms with Gasteiger partial charge in [0, 0.05) is 0 Å². The second-order valence-electron chi connectivity index (χ2n) is 5.71. The van der Waals surface area contributed by atoms with Gasteiger partial charge in [0.05, 0.1) is 0 Å². The molecule has 0 heteroatoms. The molecule has 0 bridgehead atoms. The lowest BCUT2D eigenvalue weighted by Gasteiger charge is -2.39. The molecule has 0 aliphatic heterocycles. The number of hydrogen-bond donors (Lipinski definition) is 0. The van der Waals surface area contributed by atoms with Crippen molar-refractivity contribution in [1.29, 1.82) is 0 Å². The van der Waals surface area contributed by atoms with Crippen molar-refractivity contribution in [3.63, 3.8) is 0 Å². The Balaban J connectivity index is 2.13. The van der Waals surface area contributed by atoms with Gasteiger partial charge in [-0.15, -0.1) is 0 Å². The third-order valence-corrected chi connectivity index (χ3v) is 4.65. The van der Waals surface area contributed by atoms with Gasteiger partial charge in [0.2, 0.25) is 0 Å². The first-order chi connectivity index (χ1) is 5.56. The Bertz CT molecular complexity index is 158. The maximum absolute atomic E-state index is 2.42. The van der Waals surface area contributed by atoms with E-state index in [1.54, 1.807) is 6.42 Å². The smallest absolute Gasteiger partial charge is 0.0246 e. The first-order valence-corrected chi connectivity index (χ1v) is 5.56. The first-order valence-electron chi connectivity index (χ1n) is 5.56. The average molecular weight is 166 g/mol. The zero-order chi connectivity index (χ0) is 8.93. The van der Waals surface area contributed by atoms with Gasteiger partial charge in [-0.1, -0.05) is 27.7 Å². The highest BCUT2D eigenvalue weighted by atomic mass is 14.6. The summed E-state index contributed by atoms with van der Waals surface area (Å²) in [5, 5.41) is 0. The monoisotopic (exact) mass is 166 g/mol. The van der Waals surface area contributed by atoms with Gasteiger partial charge in [-0.25, -0.2) is 0 Å². The molecule has 0 heterocycles. The molecule has 2 aliphatic carbocycles. The van der Waals surface area contributed by atoms with E-state index in [1.165, 1.54) is 12.8 Å². The van der Waals surface area contributed by atoms with Crippen LogP contribution in [0.3, 0.4) is 0 Å². The quantitative estimate of drug-likeness (QED) is 0.586. The summed E-state index contributed by atoms with van der Waals surface area (Å²) in [4.78, 5) is 0. The summed E-state index contributed by atoms with van der Waals surface area (Å²) in [5.74, 6) is 4.06. The molecule has 0 radical (unpaired) electrons. The second-order valence-corrected chi connectivity index (χ2v) is 5.71. The van der Waals surface area contributed by atoms with Crippen molar-refractivity contribution >= 4 is 0 Å². The Morgan fingerprint density at radius 3 is 1.58 bits per heavy atom.